The predicted molar refractivity (Wildman–Crippen MR) is 149 cm³/mol. The molecule has 0 aromatic heterocycles. The van der Waals surface area contributed by atoms with Crippen molar-refractivity contribution in [3.63, 3.8) is 0 Å². The van der Waals surface area contributed by atoms with E-state index in [-0.39, 0.29) is 30.3 Å². The summed E-state index contributed by atoms with van der Waals surface area (Å²) >= 11 is 0. The van der Waals surface area contributed by atoms with Gasteiger partial charge in [-0.1, -0.05) is 20.8 Å². The molecule has 1 unspecified atom stereocenters. The molecule has 0 heterocycles. The number of hydrogen-bond donors (Lipinski definition) is 1. The van der Waals surface area contributed by atoms with Crippen molar-refractivity contribution in [1.29, 1.82) is 0 Å². The average molecular weight is 620 g/mol. The van der Waals surface area contributed by atoms with Gasteiger partial charge in [0.05, 0.1) is 32.6 Å². The molecule has 0 aromatic carbocycles. The molecule has 0 aliphatic carbocycles. The van der Waals surface area contributed by atoms with E-state index in [0.717, 1.165) is 0 Å². The van der Waals surface area contributed by atoms with Crippen LogP contribution in [0.15, 0.2) is 0 Å². The third-order valence-corrected chi connectivity index (χ3v) is 9.68. The maximum Gasteiger partial charge on any atom is 0.475 e. The Morgan fingerprint density at radius 1 is 0.816 bits per heavy atom. The molecule has 38 heavy (non-hydrogen) atoms. The summed E-state index contributed by atoms with van der Waals surface area (Å²) in [5, 5.41) is 8.59. The lowest BCUT2D eigenvalue weighted by molar-refractivity contribution is -0.766. The molecule has 0 bridgehead atoms. The molecule has 0 saturated carbocycles. The Labute approximate surface area is 229 Å². The van der Waals surface area contributed by atoms with Crippen molar-refractivity contribution in [3.05, 3.63) is 10.1 Å². The van der Waals surface area contributed by atoms with E-state index in [9.17, 15) is 23.8 Å². The van der Waals surface area contributed by atoms with Gasteiger partial charge in [-0.25, -0.2) is 9.13 Å². The monoisotopic (exact) mass is 619 g/mol. The van der Waals surface area contributed by atoms with Crippen molar-refractivity contribution in [2.75, 3.05) is 40.4 Å². The minimum atomic E-state index is -3.89. The Bertz CT molecular complexity index is 724. The summed E-state index contributed by atoms with van der Waals surface area (Å²) in [5.41, 5.74) is 0. The first-order valence-corrected chi connectivity index (χ1v) is 17.5. The Balaban J connectivity index is -0.000000207. The van der Waals surface area contributed by atoms with Gasteiger partial charge >= 0.3 is 15.6 Å². The number of nitrogens with zero attached hydrogens (tertiary/aromatic N) is 1. The number of phosphoric acid groups is 2. The van der Waals surface area contributed by atoms with Crippen LogP contribution in [0.5, 0.6) is 0 Å². The van der Waals surface area contributed by atoms with E-state index < -0.39 is 27.9 Å². The normalized spacial score (nSPS) is 13.4. The predicted octanol–water partition coefficient (Wildman–Crippen LogP) is 6.74. The zero-order chi connectivity index (χ0) is 31.4. The van der Waals surface area contributed by atoms with Crippen LogP contribution < -0.4 is 0 Å². The van der Waals surface area contributed by atoms with Crippen LogP contribution in [-0.4, -0.2) is 73.9 Å². The summed E-state index contributed by atoms with van der Waals surface area (Å²) in [6, 6.07) is 0. The van der Waals surface area contributed by atoms with Gasteiger partial charge in [0.25, 0.3) is 5.09 Å². The van der Waals surface area contributed by atoms with Crippen molar-refractivity contribution < 1.29 is 55.9 Å². The van der Waals surface area contributed by atoms with E-state index in [1.807, 2.05) is 34.1 Å². The van der Waals surface area contributed by atoms with E-state index in [1.165, 1.54) is 7.11 Å². The van der Waals surface area contributed by atoms with Gasteiger partial charge in [0.15, 0.2) is 6.79 Å². The number of rotatable bonds is 13. The van der Waals surface area contributed by atoms with Gasteiger partial charge in [0.2, 0.25) is 0 Å². The molecule has 0 radical (unpaired) electrons. The number of phosphoric ester groups is 2. The summed E-state index contributed by atoms with van der Waals surface area (Å²) in [5.74, 6) is 0. The molecule has 0 amide bonds. The third kappa shape index (κ3) is 33.6. The smallest absolute Gasteiger partial charge is 0.358 e. The second-order valence-corrected chi connectivity index (χ2v) is 16.6. The van der Waals surface area contributed by atoms with Crippen LogP contribution >= 0.6 is 22.8 Å². The van der Waals surface area contributed by atoms with Crippen LogP contribution in [0.1, 0.15) is 76.2 Å². The first-order chi connectivity index (χ1) is 16.9. The Kier molecular flexibility index (Phi) is 26.2. The van der Waals surface area contributed by atoms with E-state index in [0.29, 0.717) is 13.2 Å². The highest BCUT2D eigenvalue weighted by atomic mass is 31.2. The van der Waals surface area contributed by atoms with E-state index in [1.54, 1.807) is 55.4 Å². The molecular weight excluding hydrogens is 567 g/mol. The van der Waals surface area contributed by atoms with Gasteiger partial charge in [-0.05, 0) is 68.7 Å². The highest BCUT2D eigenvalue weighted by Gasteiger charge is 2.27. The highest BCUT2D eigenvalue weighted by Crippen LogP contribution is 2.51. The molecule has 1 atom stereocenters. The summed E-state index contributed by atoms with van der Waals surface area (Å²) in [4.78, 5) is 22.2. The summed E-state index contributed by atoms with van der Waals surface area (Å²) in [6.07, 6.45) is -0.827. The van der Waals surface area contributed by atoms with Crippen LogP contribution in [0.25, 0.3) is 0 Å². The van der Waals surface area contributed by atoms with Gasteiger partial charge < -0.3 is 19.0 Å². The fraction of sp³-hybridized carbons (Fsp3) is 1.00. The molecule has 0 rings (SSSR count). The van der Waals surface area contributed by atoms with Gasteiger partial charge in [-0.15, -0.1) is 10.1 Å². The molecule has 0 aliphatic heterocycles. The fourth-order valence-electron chi connectivity index (χ4n) is 1.26. The maximum atomic E-state index is 11.6. The third-order valence-electron chi connectivity index (χ3n) is 3.50. The molecule has 234 valence electrons. The molecular formula is C21H52NO13P3. The van der Waals surface area contributed by atoms with E-state index in [4.69, 9.17) is 18.5 Å². The second kappa shape index (κ2) is 22.3. The van der Waals surface area contributed by atoms with Gasteiger partial charge in [0, 0.05) is 12.3 Å². The molecule has 17 heteroatoms. The number of methoxy groups -OCH3 is 1. The molecule has 14 nitrogen and oxygen atoms in total. The second-order valence-electron chi connectivity index (χ2n) is 9.49. The lowest BCUT2D eigenvalue weighted by Crippen LogP contribution is -2.12. The van der Waals surface area contributed by atoms with Crippen molar-refractivity contribution in [2.45, 2.75) is 99.6 Å². The first-order valence-electron chi connectivity index (χ1n) is 12.0. The quantitative estimate of drug-likeness (QED) is 0.0992. The van der Waals surface area contributed by atoms with Gasteiger partial charge in [-0.3, -0.25) is 22.6 Å². The van der Waals surface area contributed by atoms with Crippen molar-refractivity contribution in [2.24, 2.45) is 0 Å². The number of hydrogen-bond acceptors (Lipinski definition) is 12. The maximum absolute atomic E-state index is 11.6. The average Bonchev–Trinajstić information content (AvgIpc) is 2.64. The van der Waals surface area contributed by atoms with Crippen molar-refractivity contribution in [3.8, 4) is 0 Å². The highest BCUT2D eigenvalue weighted by molar-refractivity contribution is 7.63. The van der Waals surface area contributed by atoms with Gasteiger partial charge in [0.1, 0.15) is 6.10 Å². The molecule has 1 N–H and O–H groups in total. The number of ether oxygens (including phenoxy) is 1. The summed E-state index contributed by atoms with van der Waals surface area (Å²) in [6.45, 7) is 23.6. The van der Waals surface area contributed by atoms with E-state index >= 15 is 0 Å². The Morgan fingerprint density at radius 3 is 1.37 bits per heavy atom. The molecule has 0 fully saturated rings. The van der Waals surface area contributed by atoms with Crippen molar-refractivity contribution in [1.82, 2.24) is 0 Å². The Morgan fingerprint density at radius 2 is 1.18 bits per heavy atom. The van der Waals surface area contributed by atoms with Crippen LogP contribution in [0, 0.1) is 10.1 Å². The standard InChI is InChI=1S/C7H17O4P.C6H15OP.C5H13O5P.C3H7NO3/c1-5-9-12(8,10-6-2)11-7(3)4;1-6(2,3)8(4,5)7;1-5(2)10-11(6,7)9-4-8-3;1-3(2)7-4(5)6/h7H,5-6H2,1-4H3;1-5H3;5H,4H2,1-3H3,(H,6,7);3H,1-2H3. The van der Waals surface area contributed by atoms with Crippen LogP contribution in [-0.2, 0) is 45.9 Å². The van der Waals surface area contributed by atoms with Crippen molar-refractivity contribution >= 4 is 22.8 Å². The fourth-order valence-corrected chi connectivity index (χ4v) is 3.44. The zero-order valence-corrected chi connectivity index (χ0v) is 28.2. The first kappa shape index (κ1) is 44.6. The van der Waals surface area contributed by atoms with Crippen LogP contribution in [0.2, 0.25) is 0 Å². The molecule has 0 aromatic rings. The molecule has 0 saturated heterocycles. The SMILES string of the molecule is CC(C)(C)P(C)(C)=O.CC(C)O[N+](=O)[O-].CCOP(=O)(OCC)OC(C)C.COCOP(=O)(O)OC(C)C. The topological polar surface area (TPSA) is 179 Å². The Hall–Kier alpha value is -0.390. The largest absolute Gasteiger partial charge is 0.475 e. The summed E-state index contributed by atoms with van der Waals surface area (Å²) in [7, 11) is -7.66. The van der Waals surface area contributed by atoms with Crippen LogP contribution in [0.3, 0.4) is 0 Å². The van der Waals surface area contributed by atoms with Gasteiger partial charge in [-0.2, -0.15) is 0 Å². The molecule has 0 aliphatic rings. The lowest BCUT2D eigenvalue weighted by atomic mass is 10.3. The van der Waals surface area contributed by atoms with E-state index in [2.05, 4.69) is 18.6 Å². The van der Waals surface area contributed by atoms with Crippen LogP contribution in [0.4, 0.5) is 0 Å². The lowest BCUT2D eigenvalue weighted by Gasteiger charge is -2.23. The minimum Gasteiger partial charge on any atom is -0.358 e. The minimum absolute atomic E-state index is 0.00694. The zero-order valence-electron chi connectivity index (χ0n) is 25.5. The molecule has 0 spiro atoms. The summed E-state index contributed by atoms with van der Waals surface area (Å²) < 4.78 is 61.8.